The fourth-order valence-corrected chi connectivity index (χ4v) is 2.01. The number of carboxylic acid groups (broad SMARTS) is 1. The molecule has 0 radical (unpaired) electrons. The number of aryl methyl sites for hydroxylation is 2. The number of carbonyl (C=O) groups is 2. The standard InChI is InChI=1S/C14H12ClN3O3/c1-7-6-10(8(2)18-17-7)13(19)16-12-9(14(20)21)4-3-5-11(12)15/h3-6H,1-2H3,(H,16,19)(H,20,21). The maximum Gasteiger partial charge on any atom is 0.337 e. The molecule has 0 aliphatic carbocycles. The summed E-state index contributed by atoms with van der Waals surface area (Å²) in [5, 5.41) is 19.5. The van der Waals surface area contributed by atoms with E-state index in [4.69, 9.17) is 16.7 Å². The maximum atomic E-state index is 12.3. The molecular weight excluding hydrogens is 294 g/mol. The van der Waals surface area contributed by atoms with Gasteiger partial charge >= 0.3 is 5.97 Å². The quantitative estimate of drug-likeness (QED) is 0.909. The summed E-state index contributed by atoms with van der Waals surface area (Å²) in [4.78, 5) is 23.5. The van der Waals surface area contributed by atoms with Gasteiger partial charge in [0.25, 0.3) is 5.91 Å². The predicted octanol–water partition coefficient (Wildman–Crippen LogP) is 2.70. The molecule has 0 spiro atoms. The Bertz CT molecular complexity index is 731. The molecule has 0 unspecified atom stereocenters. The van der Waals surface area contributed by atoms with Crippen molar-refractivity contribution >= 4 is 29.2 Å². The van der Waals surface area contributed by atoms with Crippen LogP contribution in [0.5, 0.6) is 0 Å². The first-order valence-electron chi connectivity index (χ1n) is 6.04. The number of amides is 1. The maximum absolute atomic E-state index is 12.3. The zero-order valence-corrected chi connectivity index (χ0v) is 12.1. The second kappa shape index (κ2) is 5.88. The van der Waals surface area contributed by atoms with Gasteiger partial charge in [-0.25, -0.2) is 4.79 Å². The summed E-state index contributed by atoms with van der Waals surface area (Å²) in [6, 6.07) is 5.96. The van der Waals surface area contributed by atoms with Gasteiger partial charge in [-0.1, -0.05) is 17.7 Å². The predicted molar refractivity (Wildman–Crippen MR) is 77.9 cm³/mol. The number of carboxylic acids is 1. The SMILES string of the molecule is Cc1cc(C(=O)Nc2c(Cl)cccc2C(=O)O)c(C)nn1. The van der Waals surface area contributed by atoms with Crippen LogP contribution in [0.15, 0.2) is 24.3 Å². The second-order valence-electron chi connectivity index (χ2n) is 4.41. The van der Waals surface area contributed by atoms with Gasteiger partial charge in [0.1, 0.15) is 0 Å². The Morgan fingerprint density at radius 2 is 1.90 bits per heavy atom. The van der Waals surface area contributed by atoms with E-state index in [1.54, 1.807) is 19.9 Å². The van der Waals surface area contributed by atoms with Gasteiger partial charge in [0, 0.05) is 0 Å². The summed E-state index contributed by atoms with van der Waals surface area (Å²) >= 11 is 5.97. The Labute approximate surface area is 125 Å². The van der Waals surface area contributed by atoms with Crippen LogP contribution in [0.1, 0.15) is 32.1 Å². The van der Waals surface area contributed by atoms with Crippen LogP contribution in [0.4, 0.5) is 5.69 Å². The summed E-state index contributed by atoms with van der Waals surface area (Å²) in [7, 11) is 0. The van der Waals surface area contributed by atoms with Gasteiger partial charge in [0.05, 0.1) is 33.2 Å². The fourth-order valence-electron chi connectivity index (χ4n) is 1.79. The monoisotopic (exact) mass is 305 g/mol. The highest BCUT2D eigenvalue weighted by atomic mass is 35.5. The first kappa shape index (κ1) is 14.9. The number of para-hydroxylation sites is 1. The minimum absolute atomic E-state index is 0.0607. The van der Waals surface area contributed by atoms with Gasteiger partial charge in [-0.3, -0.25) is 4.79 Å². The van der Waals surface area contributed by atoms with Crippen molar-refractivity contribution in [2.24, 2.45) is 0 Å². The van der Waals surface area contributed by atoms with Crippen LogP contribution < -0.4 is 5.32 Å². The molecule has 2 aromatic rings. The van der Waals surface area contributed by atoms with E-state index in [9.17, 15) is 9.59 Å². The zero-order chi connectivity index (χ0) is 15.6. The van der Waals surface area contributed by atoms with Gasteiger partial charge in [-0.15, -0.1) is 0 Å². The Morgan fingerprint density at radius 1 is 1.19 bits per heavy atom. The van der Waals surface area contributed by atoms with E-state index in [2.05, 4.69) is 15.5 Å². The molecule has 0 aliphatic heterocycles. The molecule has 21 heavy (non-hydrogen) atoms. The number of nitrogens with zero attached hydrogens (tertiary/aromatic N) is 2. The number of hydrogen-bond acceptors (Lipinski definition) is 4. The largest absolute Gasteiger partial charge is 0.478 e. The van der Waals surface area contributed by atoms with E-state index >= 15 is 0 Å². The topological polar surface area (TPSA) is 92.2 Å². The molecule has 0 fully saturated rings. The summed E-state index contributed by atoms with van der Waals surface area (Å²) in [5.74, 6) is -1.66. The van der Waals surface area contributed by atoms with Gasteiger partial charge < -0.3 is 10.4 Å². The minimum Gasteiger partial charge on any atom is -0.478 e. The lowest BCUT2D eigenvalue weighted by atomic mass is 10.1. The summed E-state index contributed by atoms with van der Waals surface area (Å²) in [5.41, 5.74) is 1.34. The second-order valence-corrected chi connectivity index (χ2v) is 4.81. The van der Waals surface area contributed by atoms with Crippen molar-refractivity contribution < 1.29 is 14.7 Å². The highest BCUT2D eigenvalue weighted by Crippen LogP contribution is 2.26. The lowest BCUT2D eigenvalue weighted by Gasteiger charge is -2.11. The number of anilines is 1. The highest BCUT2D eigenvalue weighted by Gasteiger charge is 2.18. The average molecular weight is 306 g/mol. The van der Waals surface area contributed by atoms with Crippen LogP contribution >= 0.6 is 11.6 Å². The molecule has 6 nitrogen and oxygen atoms in total. The third-order valence-corrected chi connectivity index (χ3v) is 3.14. The first-order chi connectivity index (χ1) is 9.90. The first-order valence-corrected chi connectivity index (χ1v) is 6.42. The molecule has 7 heteroatoms. The van der Waals surface area contributed by atoms with Crippen LogP contribution in [0.25, 0.3) is 0 Å². The summed E-state index contributed by atoms with van der Waals surface area (Å²) in [6.07, 6.45) is 0. The fraction of sp³-hybridized carbons (Fsp3) is 0.143. The van der Waals surface area contributed by atoms with Crippen molar-refractivity contribution in [3.05, 3.63) is 51.8 Å². The van der Waals surface area contributed by atoms with Gasteiger partial charge in [0.15, 0.2) is 0 Å². The van der Waals surface area contributed by atoms with Crippen LogP contribution in [-0.4, -0.2) is 27.2 Å². The number of nitrogens with one attached hydrogen (secondary N) is 1. The Balaban J connectivity index is 2.41. The van der Waals surface area contributed by atoms with E-state index in [-0.39, 0.29) is 16.3 Å². The number of rotatable bonds is 3. The van der Waals surface area contributed by atoms with Crippen molar-refractivity contribution in [1.29, 1.82) is 0 Å². The average Bonchev–Trinajstić information content (AvgIpc) is 2.43. The number of aromatic carboxylic acids is 1. The lowest BCUT2D eigenvalue weighted by Crippen LogP contribution is -2.17. The van der Waals surface area contributed by atoms with E-state index < -0.39 is 11.9 Å². The Hall–Kier alpha value is -2.47. The lowest BCUT2D eigenvalue weighted by molar-refractivity contribution is 0.0698. The van der Waals surface area contributed by atoms with Crippen LogP contribution in [0.2, 0.25) is 5.02 Å². The molecule has 1 aromatic heterocycles. The smallest absolute Gasteiger partial charge is 0.337 e. The third kappa shape index (κ3) is 3.17. The van der Waals surface area contributed by atoms with E-state index in [0.717, 1.165) is 0 Å². The molecule has 0 saturated carbocycles. The van der Waals surface area contributed by atoms with Crippen molar-refractivity contribution in [1.82, 2.24) is 10.2 Å². The molecule has 108 valence electrons. The van der Waals surface area contributed by atoms with Crippen molar-refractivity contribution in [2.75, 3.05) is 5.32 Å². The number of halogens is 1. The zero-order valence-electron chi connectivity index (χ0n) is 11.3. The van der Waals surface area contributed by atoms with Crippen molar-refractivity contribution in [2.45, 2.75) is 13.8 Å². The molecule has 0 bridgehead atoms. The number of hydrogen-bond donors (Lipinski definition) is 2. The third-order valence-electron chi connectivity index (χ3n) is 2.83. The van der Waals surface area contributed by atoms with E-state index in [1.807, 2.05) is 0 Å². The molecule has 1 heterocycles. The highest BCUT2D eigenvalue weighted by molar-refractivity contribution is 6.34. The van der Waals surface area contributed by atoms with E-state index in [1.165, 1.54) is 18.2 Å². The van der Waals surface area contributed by atoms with Crippen molar-refractivity contribution in [3.8, 4) is 0 Å². The number of benzene rings is 1. The van der Waals surface area contributed by atoms with Crippen molar-refractivity contribution in [3.63, 3.8) is 0 Å². The molecule has 2 rings (SSSR count). The Kier molecular flexibility index (Phi) is 4.18. The van der Waals surface area contributed by atoms with Gasteiger partial charge in [-0.2, -0.15) is 10.2 Å². The van der Waals surface area contributed by atoms with Crippen LogP contribution in [0, 0.1) is 13.8 Å². The normalized spacial score (nSPS) is 10.2. The molecule has 1 amide bonds. The summed E-state index contributed by atoms with van der Waals surface area (Å²) < 4.78 is 0. The number of aromatic nitrogens is 2. The summed E-state index contributed by atoms with van der Waals surface area (Å²) in [6.45, 7) is 3.35. The minimum atomic E-state index is -1.17. The van der Waals surface area contributed by atoms with Gasteiger partial charge in [0.2, 0.25) is 0 Å². The van der Waals surface area contributed by atoms with Gasteiger partial charge in [-0.05, 0) is 32.0 Å². The molecule has 0 atom stereocenters. The molecule has 0 aliphatic rings. The Morgan fingerprint density at radius 3 is 2.57 bits per heavy atom. The molecule has 1 aromatic carbocycles. The van der Waals surface area contributed by atoms with E-state index in [0.29, 0.717) is 17.0 Å². The van der Waals surface area contributed by atoms with Crippen LogP contribution in [-0.2, 0) is 0 Å². The van der Waals surface area contributed by atoms with Crippen LogP contribution in [0.3, 0.4) is 0 Å². The number of carbonyl (C=O) groups excluding carboxylic acids is 1. The molecule has 2 N–H and O–H groups in total. The molecular formula is C14H12ClN3O3. The molecule has 0 saturated heterocycles.